The van der Waals surface area contributed by atoms with Crippen LogP contribution in [0.25, 0.3) is 0 Å². The zero-order chi connectivity index (χ0) is 13.9. The lowest BCUT2D eigenvalue weighted by Gasteiger charge is -2.46. The molecule has 0 spiro atoms. The summed E-state index contributed by atoms with van der Waals surface area (Å²) in [5.41, 5.74) is 2.49. The van der Waals surface area contributed by atoms with E-state index in [0.717, 1.165) is 19.3 Å². The van der Waals surface area contributed by atoms with Crippen molar-refractivity contribution in [2.24, 2.45) is 0 Å². The average molecular weight is 261 g/mol. The van der Waals surface area contributed by atoms with Crippen LogP contribution >= 0.6 is 0 Å². The van der Waals surface area contributed by atoms with E-state index in [1.54, 1.807) is 0 Å². The Morgan fingerprint density at radius 2 is 1.68 bits per heavy atom. The van der Waals surface area contributed by atoms with E-state index >= 15 is 0 Å². The molecule has 106 valence electrons. The van der Waals surface area contributed by atoms with Crippen molar-refractivity contribution >= 4 is 0 Å². The molecule has 0 heterocycles. The molecule has 2 heteroatoms. The molecule has 0 aromatic heterocycles. The molecule has 1 N–H and O–H groups in total. The molecule has 0 radical (unpaired) electrons. The summed E-state index contributed by atoms with van der Waals surface area (Å²) in [7, 11) is 4.23. The minimum Gasteiger partial charge on any atom is -0.391 e. The van der Waals surface area contributed by atoms with Crippen LogP contribution in [0.1, 0.15) is 43.2 Å². The van der Waals surface area contributed by atoms with Gasteiger partial charge in [0.15, 0.2) is 0 Å². The summed E-state index contributed by atoms with van der Waals surface area (Å²) in [5.74, 6) is 0. The average Bonchev–Trinajstić information content (AvgIpc) is 2.42. The van der Waals surface area contributed by atoms with Crippen LogP contribution in [0.4, 0.5) is 0 Å². The van der Waals surface area contributed by atoms with E-state index in [-0.39, 0.29) is 11.6 Å². The third-order valence-corrected chi connectivity index (χ3v) is 4.78. The monoisotopic (exact) mass is 261 g/mol. The number of hydrogen-bond donors (Lipinski definition) is 1. The first-order chi connectivity index (χ1) is 9.04. The zero-order valence-corrected chi connectivity index (χ0v) is 12.5. The van der Waals surface area contributed by atoms with Gasteiger partial charge in [-0.25, -0.2) is 0 Å². The summed E-state index contributed by atoms with van der Waals surface area (Å²) in [5, 5.41) is 10.8. The molecule has 2 nitrogen and oxygen atoms in total. The highest BCUT2D eigenvalue weighted by molar-refractivity contribution is 5.22. The second-order valence-corrected chi connectivity index (χ2v) is 6.26. The molecular formula is C17H27NO. The molecule has 0 aliphatic heterocycles. The van der Waals surface area contributed by atoms with Gasteiger partial charge in [0.25, 0.3) is 0 Å². The second kappa shape index (κ2) is 6.06. The molecule has 1 aliphatic rings. The molecule has 1 aromatic rings. The van der Waals surface area contributed by atoms with E-state index in [1.807, 2.05) is 0 Å². The van der Waals surface area contributed by atoms with Gasteiger partial charge in [0.1, 0.15) is 0 Å². The fraction of sp³-hybridized carbons (Fsp3) is 0.647. The van der Waals surface area contributed by atoms with Gasteiger partial charge in [0.2, 0.25) is 0 Å². The van der Waals surface area contributed by atoms with Crippen LogP contribution < -0.4 is 0 Å². The minimum atomic E-state index is -0.273. The molecular weight excluding hydrogens is 234 g/mol. The van der Waals surface area contributed by atoms with Gasteiger partial charge in [-0.1, -0.05) is 49.1 Å². The Morgan fingerprint density at radius 1 is 1.11 bits per heavy atom. The Kier molecular flexibility index (Phi) is 4.64. The Bertz CT molecular complexity index is 390. The summed E-state index contributed by atoms with van der Waals surface area (Å²) in [6, 6.07) is 8.55. The highest BCUT2D eigenvalue weighted by Crippen LogP contribution is 2.36. The van der Waals surface area contributed by atoms with Crippen LogP contribution in [0.5, 0.6) is 0 Å². The molecule has 19 heavy (non-hydrogen) atoms. The molecule has 2 rings (SSSR count). The van der Waals surface area contributed by atoms with Gasteiger partial charge in [-0.05, 0) is 39.4 Å². The fourth-order valence-corrected chi connectivity index (χ4v) is 3.38. The summed E-state index contributed by atoms with van der Waals surface area (Å²) < 4.78 is 0. The van der Waals surface area contributed by atoms with Crippen molar-refractivity contribution < 1.29 is 5.11 Å². The summed E-state index contributed by atoms with van der Waals surface area (Å²) in [6.07, 6.45) is 6.52. The van der Waals surface area contributed by atoms with E-state index in [0.29, 0.717) is 0 Å². The maximum Gasteiger partial charge on any atom is 0.0763 e. The lowest BCUT2D eigenvalue weighted by Crippen LogP contribution is -2.55. The normalized spacial score (nSPS) is 20.5. The Morgan fingerprint density at radius 3 is 2.21 bits per heavy atom. The quantitative estimate of drug-likeness (QED) is 0.900. The van der Waals surface area contributed by atoms with Crippen LogP contribution in [0.15, 0.2) is 24.3 Å². The van der Waals surface area contributed by atoms with Gasteiger partial charge in [-0.3, -0.25) is 0 Å². The summed E-state index contributed by atoms with van der Waals surface area (Å²) in [4.78, 5) is 2.25. The van der Waals surface area contributed by atoms with Crippen LogP contribution in [-0.4, -0.2) is 35.7 Å². The number of aliphatic hydroxyl groups excluding tert-OH is 1. The predicted octanol–water partition coefficient (Wildman–Crippen LogP) is 3.16. The Balaban J connectivity index is 2.11. The molecule has 0 amide bonds. The maximum absolute atomic E-state index is 10.8. The first-order valence-electron chi connectivity index (χ1n) is 7.46. The van der Waals surface area contributed by atoms with Gasteiger partial charge >= 0.3 is 0 Å². The molecule has 1 atom stereocenters. The largest absolute Gasteiger partial charge is 0.391 e. The van der Waals surface area contributed by atoms with Crippen molar-refractivity contribution in [1.82, 2.24) is 4.90 Å². The van der Waals surface area contributed by atoms with Crippen molar-refractivity contribution in [3.05, 3.63) is 35.4 Å². The predicted molar refractivity (Wildman–Crippen MR) is 80.4 cm³/mol. The first kappa shape index (κ1) is 14.5. The van der Waals surface area contributed by atoms with Crippen molar-refractivity contribution in [2.45, 2.75) is 57.1 Å². The number of aryl methyl sites for hydroxylation is 1. The van der Waals surface area contributed by atoms with Crippen molar-refractivity contribution in [3.8, 4) is 0 Å². The number of hydrogen-bond acceptors (Lipinski definition) is 2. The van der Waals surface area contributed by atoms with Crippen LogP contribution in [-0.2, 0) is 6.42 Å². The van der Waals surface area contributed by atoms with Gasteiger partial charge in [-0.15, -0.1) is 0 Å². The highest BCUT2D eigenvalue weighted by Gasteiger charge is 2.40. The topological polar surface area (TPSA) is 23.5 Å². The molecule has 1 aromatic carbocycles. The van der Waals surface area contributed by atoms with Crippen LogP contribution in [0.3, 0.4) is 0 Å². The van der Waals surface area contributed by atoms with E-state index in [1.165, 1.54) is 30.4 Å². The second-order valence-electron chi connectivity index (χ2n) is 6.26. The van der Waals surface area contributed by atoms with Gasteiger partial charge < -0.3 is 10.0 Å². The van der Waals surface area contributed by atoms with Gasteiger partial charge in [0.05, 0.1) is 6.10 Å². The maximum atomic E-state index is 10.8. The first-order valence-corrected chi connectivity index (χ1v) is 7.46. The number of rotatable bonds is 4. The third-order valence-electron chi connectivity index (χ3n) is 4.78. The lowest BCUT2D eigenvalue weighted by molar-refractivity contribution is -0.0310. The standard InChI is InChI=1S/C17H27NO/c1-14-7-9-15(10-8-14)13-16(19)17(18(2)3)11-5-4-6-12-17/h7-10,16,19H,4-6,11-13H2,1-3H3. The zero-order valence-electron chi connectivity index (χ0n) is 12.5. The van der Waals surface area contributed by atoms with Crippen molar-refractivity contribution in [1.29, 1.82) is 0 Å². The van der Waals surface area contributed by atoms with E-state index in [9.17, 15) is 5.11 Å². The van der Waals surface area contributed by atoms with Crippen molar-refractivity contribution in [2.75, 3.05) is 14.1 Å². The number of benzene rings is 1. The fourth-order valence-electron chi connectivity index (χ4n) is 3.38. The van der Waals surface area contributed by atoms with Gasteiger partial charge in [0, 0.05) is 12.0 Å². The minimum absolute atomic E-state index is 0.0247. The lowest BCUT2D eigenvalue weighted by atomic mass is 9.75. The Hall–Kier alpha value is -0.860. The van der Waals surface area contributed by atoms with E-state index < -0.39 is 0 Å². The van der Waals surface area contributed by atoms with Gasteiger partial charge in [-0.2, -0.15) is 0 Å². The Labute approximate surface area is 117 Å². The molecule has 0 saturated heterocycles. The van der Waals surface area contributed by atoms with Crippen LogP contribution in [0.2, 0.25) is 0 Å². The van der Waals surface area contributed by atoms with Crippen LogP contribution in [0, 0.1) is 6.92 Å². The number of likely N-dealkylation sites (N-methyl/N-ethyl adjacent to an activating group) is 1. The smallest absolute Gasteiger partial charge is 0.0763 e. The SMILES string of the molecule is Cc1ccc(CC(O)C2(N(C)C)CCCCC2)cc1. The number of aliphatic hydroxyl groups is 1. The van der Waals surface area contributed by atoms with E-state index in [4.69, 9.17) is 0 Å². The third kappa shape index (κ3) is 3.18. The molecule has 1 aliphatic carbocycles. The summed E-state index contributed by atoms with van der Waals surface area (Å²) >= 11 is 0. The number of nitrogens with zero attached hydrogens (tertiary/aromatic N) is 1. The summed E-state index contributed by atoms with van der Waals surface area (Å²) in [6.45, 7) is 2.10. The highest BCUT2D eigenvalue weighted by atomic mass is 16.3. The van der Waals surface area contributed by atoms with Crippen molar-refractivity contribution in [3.63, 3.8) is 0 Å². The molecule has 0 bridgehead atoms. The molecule has 1 saturated carbocycles. The molecule has 1 fully saturated rings. The van der Waals surface area contributed by atoms with E-state index in [2.05, 4.69) is 50.2 Å². The molecule has 1 unspecified atom stereocenters.